The first-order valence-corrected chi connectivity index (χ1v) is 5.10. The summed E-state index contributed by atoms with van der Waals surface area (Å²) in [4.78, 5) is 18.6. The number of rotatable bonds is 6. The fourth-order valence-corrected chi connectivity index (χ4v) is 1.03. The van der Waals surface area contributed by atoms with Gasteiger partial charge in [0.2, 0.25) is 17.7 Å². The van der Waals surface area contributed by atoms with Crippen LogP contribution >= 0.6 is 0 Å². The van der Waals surface area contributed by atoms with Gasteiger partial charge in [0.15, 0.2) is 0 Å². The van der Waals surface area contributed by atoms with Gasteiger partial charge in [0, 0.05) is 25.2 Å². The SMILES string of the molecule is CC(C)Oc1ccnc(NCCC(N)=O)n1. The third-order valence-corrected chi connectivity index (χ3v) is 1.64. The number of anilines is 1. The molecule has 0 atom stereocenters. The highest BCUT2D eigenvalue weighted by atomic mass is 16.5. The summed E-state index contributed by atoms with van der Waals surface area (Å²) in [5, 5.41) is 2.89. The van der Waals surface area contributed by atoms with Gasteiger partial charge in [-0.25, -0.2) is 4.98 Å². The van der Waals surface area contributed by atoms with E-state index in [1.165, 1.54) is 0 Å². The molecule has 0 bridgehead atoms. The van der Waals surface area contributed by atoms with Crippen molar-refractivity contribution in [2.45, 2.75) is 26.4 Å². The van der Waals surface area contributed by atoms with Crippen LogP contribution in [0.1, 0.15) is 20.3 Å². The molecule has 1 rings (SSSR count). The van der Waals surface area contributed by atoms with E-state index in [0.29, 0.717) is 18.4 Å². The highest BCUT2D eigenvalue weighted by Gasteiger charge is 2.02. The van der Waals surface area contributed by atoms with Crippen LogP contribution in [0.2, 0.25) is 0 Å². The fraction of sp³-hybridized carbons (Fsp3) is 0.500. The Bertz CT molecular complexity index is 354. The van der Waals surface area contributed by atoms with E-state index >= 15 is 0 Å². The van der Waals surface area contributed by atoms with Gasteiger partial charge in [-0.3, -0.25) is 4.79 Å². The number of primary amides is 1. The van der Waals surface area contributed by atoms with Crippen LogP contribution in [0.3, 0.4) is 0 Å². The molecule has 1 heterocycles. The van der Waals surface area contributed by atoms with Crippen LogP contribution in [0.15, 0.2) is 12.3 Å². The van der Waals surface area contributed by atoms with Gasteiger partial charge in [-0.1, -0.05) is 0 Å². The quantitative estimate of drug-likeness (QED) is 0.736. The summed E-state index contributed by atoms with van der Waals surface area (Å²) in [6.45, 7) is 4.26. The molecule has 6 nitrogen and oxygen atoms in total. The second-order valence-electron chi connectivity index (χ2n) is 3.53. The monoisotopic (exact) mass is 224 g/mol. The smallest absolute Gasteiger partial charge is 0.225 e. The lowest BCUT2D eigenvalue weighted by molar-refractivity contribution is -0.117. The largest absolute Gasteiger partial charge is 0.475 e. The zero-order valence-corrected chi connectivity index (χ0v) is 9.43. The summed E-state index contributed by atoms with van der Waals surface area (Å²) in [5.41, 5.74) is 5.01. The number of nitrogens with two attached hydrogens (primary N) is 1. The van der Waals surface area contributed by atoms with Gasteiger partial charge in [-0.15, -0.1) is 0 Å². The number of nitrogens with zero attached hydrogens (tertiary/aromatic N) is 2. The van der Waals surface area contributed by atoms with Gasteiger partial charge in [0.05, 0.1) is 6.10 Å². The third-order valence-electron chi connectivity index (χ3n) is 1.64. The second-order valence-corrected chi connectivity index (χ2v) is 3.53. The molecule has 88 valence electrons. The van der Waals surface area contributed by atoms with E-state index < -0.39 is 0 Å². The van der Waals surface area contributed by atoms with Crippen LogP contribution in [-0.4, -0.2) is 28.5 Å². The highest BCUT2D eigenvalue weighted by Crippen LogP contribution is 2.09. The van der Waals surface area contributed by atoms with Crippen LogP contribution in [0.25, 0.3) is 0 Å². The van der Waals surface area contributed by atoms with Gasteiger partial charge in [0.25, 0.3) is 0 Å². The van der Waals surface area contributed by atoms with Crippen molar-refractivity contribution in [3.63, 3.8) is 0 Å². The van der Waals surface area contributed by atoms with Crippen LogP contribution in [0.4, 0.5) is 5.95 Å². The van der Waals surface area contributed by atoms with E-state index in [-0.39, 0.29) is 18.4 Å². The molecule has 1 aromatic rings. The van der Waals surface area contributed by atoms with E-state index in [1.807, 2.05) is 13.8 Å². The molecule has 0 aliphatic heterocycles. The average molecular weight is 224 g/mol. The number of hydrogen-bond donors (Lipinski definition) is 2. The Kier molecular flexibility index (Phi) is 4.50. The predicted octanol–water partition coefficient (Wildman–Crippen LogP) is 0.551. The maximum Gasteiger partial charge on any atom is 0.225 e. The molecule has 1 amide bonds. The average Bonchev–Trinajstić information content (AvgIpc) is 2.16. The number of amides is 1. The van der Waals surface area contributed by atoms with Crippen LogP contribution in [0.5, 0.6) is 5.88 Å². The minimum absolute atomic E-state index is 0.0633. The van der Waals surface area contributed by atoms with E-state index in [0.717, 1.165) is 0 Å². The van der Waals surface area contributed by atoms with E-state index in [2.05, 4.69) is 15.3 Å². The van der Waals surface area contributed by atoms with Crippen LogP contribution in [-0.2, 0) is 4.79 Å². The van der Waals surface area contributed by atoms with E-state index in [1.54, 1.807) is 12.3 Å². The Labute approximate surface area is 94.2 Å². The molecule has 0 unspecified atom stereocenters. The topological polar surface area (TPSA) is 90.1 Å². The summed E-state index contributed by atoms with van der Waals surface area (Å²) >= 11 is 0. The van der Waals surface area contributed by atoms with Crippen molar-refractivity contribution >= 4 is 11.9 Å². The first-order valence-electron chi connectivity index (χ1n) is 5.10. The van der Waals surface area contributed by atoms with Crippen molar-refractivity contribution in [2.24, 2.45) is 5.73 Å². The maximum absolute atomic E-state index is 10.5. The number of nitrogens with one attached hydrogen (secondary N) is 1. The molecular weight excluding hydrogens is 208 g/mol. The molecule has 6 heteroatoms. The lowest BCUT2D eigenvalue weighted by Crippen LogP contribution is -2.17. The van der Waals surface area contributed by atoms with Gasteiger partial charge >= 0.3 is 0 Å². The molecule has 0 spiro atoms. The number of carbonyl (C=O) groups is 1. The molecule has 0 fully saturated rings. The molecule has 0 aliphatic rings. The van der Waals surface area contributed by atoms with Gasteiger partial charge < -0.3 is 15.8 Å². The number of ether oxygens (including phenoxy) is 1. The van der Waals surface area contributed by atoms with Gasteiger partial charge in [-0.2, -0.15) is 4.98 Å². The fourth-order valence-electron chi connectivity index (χ4n) is 1.03. The summed E-state index contributed by atoms with van der Waals surface area (Å²) in [7, 11) is 0. The Morgan fingerprint density at radius 2 is 2.38 bits per heavy atom. The summed E-state index contributed by atoms with van der Waals surface area (Å²) in [5.74, 6) is 0.577. The Balaban J connectivity index is 2.50. The van der Waals surface area contributed by atoms with Crippen molar-refractivity contribution in [1.29, 1.82) is 0 Å². The lowest BCUT2D eigenvalue weighted by atomic mass is 10.4. The van der Waals surface area contributed by atoms with Crippen molar-refractivity contribution in [3.8, 4) is 5.88 Å². The zero-order chi connectivity index (χ0) is 12.0. The van der Waals surface area contributed by atoms with Gasteiger partial charge in [-0.05, 0) is 13.8 Å². The van der Waals surface area contributed by atoms with Gasteiger partial charge in [0.1, 0.15) is 0 Å². The zero-order valence-electron chi connectivity index (χ0n) is 9.43. The summed E-state index contributed by atoms with van der Waals surface area (Å²) in [6, 6.07) is 1.68. The van der Waals surface area contributed by atoms with Crippen molar-refractivity contribution in [1.82, 2.24) is 9.97 Å². The lowest BCUT2D eigenvalue weighted by Gasteiger charge is -2.09. The molecule has 3 N–H and O–H groups in total. The summed E-state index contributed by atoms with van der Waals surface area (Å²) in [6.07, 6.45) is 1.91. The molecule has 0 aliphatic carbocycles. The van der Waals surface area contributed by atoms with Crippen molar-refractivity contribution < 1.29 is 9.53 Å². The Hall–Kier alpha value is -1.85. The first-order chi connectivity index (χ1) is 7.58. The molecule has 16 heavy (non-hydrogen) atoms. The highest BCUT2D eigenvalue weighted by molar-refractivity contribution is 5.74. The molecule has 1 aromatic heterocycles. The minimum Gasteiger partial charge on any atom is -0.475 e. The van der Waals surface area contributed by atoms with Crippen LogP contribution in [0, 0.1) is 0 Å². The minimum atomic E-state index is -0.359. The number of aromatic nitrogens is 2. The Morgan fingerprint density at radius 1 is 1.62 bits per heavy atom. The standard InChI is InChI=1S/C10H16N4O2/c1-7(2)16-9-4-6-13-10(14-9)12-5-3-8(11)15/h4,6-7H,3,5H2,1-2H3,(H2,11,15)(H,12,13,14). The van der Waals surface area contributed by atoms with Crippen molar-refractivity contribution in [3.05, 3.63) is 12.3 Å². The first kappa shape index (κ1) is 12.2. The second kappa shape index (κ2) is 5.89. The predicted molar refractivity (Wildman–Crippen MR) is 60.1 cm³/mol. The normalized spacial score (nSPS) is 10.2. The maximum atomic E-state index is 10.5. The number of hydrogen-bond acceptors (Lipinski definition) is 5. The molecule has 0 aromatic carbocycles. The third kappa shape index (κ3) is 4.59. The molecule has 0 radical (unpaired) electrons. The molecule has 0 saturated carbocycles. The Morgan fingerprint density at radius 3 is 3.00 bits per heavy atom. The van der Waals surface area contributed by atoms with Crippen LogP contribution < -0.4 is 15.8 Å². The van der Waals surface area contributed by atoms with E-state index in [4.69, 9.17) is 10.5 Å². The van der Waals surface area contributed by atoms with E-state index in [9.17, 15) is 4.79 Å². The molecular formula is C10H16N4O2. The molecule has 0 saturated heterocycles. The van der Waals surface area contributed by atoms with Crippen molar-refractivity contribution in [2.75, 3.05) is 11.9 Å². The summed E-state index contributed by atoms with van der Waals surface area (Å²) < 4.78 is 5.40. The number of carbonyl (C=O) groups excluding carboxylic acids is 1.